The second-order valence-electron chi connectivity index (χ2n) is 5.20. The molecule has 3 N–H and O–H groups in total. The minimum atomic E-state index is 0.103. The molecule has 21 heavy (non-hydrogen) atoms. The van der Waals surface area contributed by atoms with Crippen LogP contribution in [0.1, 0.15) is 27.8 Å². The molecule has 110 valence electrons. The molecule has 0 atom stereocenters. The molecule has 0 aromatic heterocycles. The van der Waals surface area contributed by atoms with Gasteiger partial charge in [-0.05, 0) is 49.6 Å². The van der Waals surface area contributed by atoms with Gasteiger partial charge in [0.15, 0.2) is 5.84 Å². The van der Waals surface area contributed by atoms with Gasteiger partial charge in [0, 0.05) is 5.56 Å². The average Bonchev–Trinajstić information content (AvgIpc) is 2.45. The molecule has 0 spiro atoms. The van der Waals surface area contributed by atoms with Crippen LogP contribution in [-0.4, -0.2) is 11.0 Å². The number of nitrogens with two attached hydrogens (primary N) is 1. The summed E-state index contributed by atoms with van der Waals surface area (Å²) in [5, 5.41) is 11.8. The minimum Gasteiger partial charge on any atom is -0.488 e. The zero-order valence-corrected chi connectivity index (χ0v) is 12.6. The first-order valence-corrected chi connectivity index (χ1v) is 6.78. The van der Waals surface area contributed by atoms with E-state index in [1.54, 1.807) is 0 Å². The summed E-state index contributed by atoms with van der Waals surface area (Å²) in [6, 6.07) is 11.9. The van der Waals surface area contributed by atoms with Gasteiger partial charge in [0.1, 0.15) is 12.4 Å². The molecule has 0 radical (unpaired) electrons. The molecule has 0 heterocycles. The van der Waals surface area contributed by atoms with Gasteiger partial charge in [-0.3, -0.25) is 0 Å². The van der Waals surface area contributed by atoms with E-state index in [4.69, 9.17) is 15.7 Å². The Balaban J connectivity index is 2.21. The van der Waals surface area contributed by atoms with Crippen LogP contribution in [0.3, 0.4) is 0 Å². The summed E-state index contributed by atoms with van der Waals surface area (Å²) >= 11 is 0. The maximum Gasteiger partial charge on any atom is 0.170 e. The standard InChI is InChI=1S/C17H20N2O2/c1-11-5-4-6-14(7-11)10-21-16-12(2)8-15(9-13(16)3)17(18)19-20/h4-9,20H,10H2,1-3H3,(H2,18,19). The molecule has 2 aromatic rings. The zero-order valence-electron chi connectivity index (χ0n) is 12.6. The molecular weight excluding hydrogens is 264 g/mol. The first kappa shape index (κ1) is 14.9. The first-order valence-electron chi connectivity index (χ1n) is 6.78. The molecule has 2 aromatic carbocycles. The Morgan fingerprint density at radius 1 is 1.14 bits per heavy atom. The largest absolute Gasteiger partial charge is 0.488 e. The van der Waals surface area contributed by atoms with Gasteiger partial charge in [0.25, 0.3) is 0 Å². The molecule has 0 bridgehead atoms. The van der Waals surface area contributed by atoms with E-state index in [1.807, 2.05) is 38.1 Å². The number of hydrogen-bond acceptors (Lipinski definition) is 3. The molecule has 0 fully saturated rings. The number of amidine groups is 1. The molecule has 0 unspecified atom stereocenters. The van der Waals surface area contributed by atoms with E-state index < -0.39 is 0 Å². The van der Waals surface area contributed by atoms with E-state index in [0.717, 1.165) is 22.4 Å². The maximum absolute atomic E-state index is 8.75. The van der Waals surface area contributed by atoms with Crippen LogP contribution in [0.2, 0.25) is 0 Å². The lowest BCUT2D eigenvalue weighted by Gasteiger charge is -2.14. The second-order valence-corrected chi connectivity index (χ2v) is 5.20. The van der Waals surface area contributed by atoms with Crippen LogP contribution in [-0.2, 0) is 6.61 Å². The van der Waals surface area contributed by atoms with Gasteiger partial charge in [0.2, 0.25) is 0 Å². The van der Waals surface area contributed by atoms with E-state index >= 15 is 0 Å². The number of benzene rings is 2. The Bertz CT molecular complexity index is 655. The van der Waals surface area contributed by atoms with E-state index in [-0.39, 0.29) is 5.84 Å². The highest BCUT2D eigenvalue weighted by atomic mass is 16.5. The third kappa shape index (κ3) is 3.54. The number of nitrogens with zero attached hydrogens (tertiary/aromatic N) is 1. The highest BCUT2D eigenvalue weighted by molar-refractivity contribution is 5.97. The fourth-order valence-corrected chi connectivity index (χ4v) is 2.34. The first-order chi connectivity index (χ1) is 10.0. The van der Waals surface area contributed by atoms with Crippen LogP contribution in [0, 0.1) is 20.8 Å². The van der Waals surface area contributed by atoms with Gasteiger partial charge >= 0.3 is 0 Å². The summed E-state index contributed by atoms with van der Waals surface area (Å²) in [6.07, 6.45) is 0. The Labute approximate surface area is 124 Å². The van der Waals surface area contributed by atoms with Crippen molar-refractivity contribution in [1.82, 2.24) is 0 Å². The van der Waals surface area contributed by atoms with Gasteiger partial charge in [-0.2, -0.15) is 0 Å². The van der Waals surface area contributed by atoms with E-state index in [0.29, 0.717) is 12.2 Å². The average molecular weight is 284 g/mol. The molecule has 0 saturated heterocycles. The van der Waals surface area contributed by atoms with Crippen LogP contribution in [0.25, 0.3) is 0 Å². The predicted octanol–water partition coefficient (Wildman–Crippen LogP) is 3.29. The Morgan fingerprint density at radius 2 is 1.81 bits per heavy atom. The molecule has 4 heteroatoms. The number of ether oxygens (including phenoxy) is 1. The quantitative estimate of drug-likeness (QED) is 0.392. The number of rotatable bonds is 4. The van der Waals surface area contributed by atoms with Gasteiger partial charge in [-0.25, -0.2) is 0 Å². The summed E-state index contributed by atoms with van der Waals surface area (Å²) in [7, 11) is 0. The SMILES string of the molecule is Cc1cccc(COc2c(C)cc(C(N)=NO)cc2C)c1. The van der Waals surface area contributed by atoms with Crippen LogP contribution >= 0.6 is 0 Å². The zero-order chi connectivity index (χ0) is 15.4. The molecule has 0 aliphatic rings. The predicted molar refractivity (Wildman–Crippen MR) is 83.9 cm³/mol. The summed E-state index contributed by atoms with van der Waals surface area (Å²) < 4.78 is 5.93. The highest BCUT2D eigenvalue weighted by Crippen LogP contribution is 2.25. The lowest BCUT2D eigenvalue weighted by Crippen LogP contribution is -2.14. The van der Waals surface area contributed by atoms with E-state index in [9.17, 15) is 0 Å². The third-order valence-electron chi connectivity index (χ3n) is 3.33. The third-order valence-corrected chi connectivity index (χ3v) is 3.33. The monoisotopic (exact) mass is 284 g/mol. The Hall–Kier alpha value is -2.49. The summed E-state index contributed by atoms with van der Waals surface area (Å²) in [5.41, 5.74) is 10.6. The normalized spacial score (nSPS) is 11.5. The van der Waals surface area contributed by atoms with Crippen molar-refractivity contribution in [3.05, 3.63) is 64.2 Å². The van der Waals surface area contributed by atoms with E-state index in [1.165, 1.54) is 5.56 Å². The lowest BCUT2D eigenvalue weighted by atomic mass is 10.0. The highest BCUT2D eigenvalue weighted by Gasteiger charge is 2.09. The van der Waals surface area contributed by atoms with Crippen molar-refractivity contribution in [1.29, 1.82) is 0 Å². The molecule has 0 aliphatic carbocycles. The van der Waals surface area contributed by atoms with Crippen LogP contribution < -0.4 is 10.5 Å². The smallest absolute Gasteiger partial charge is 0.170 e. The van der Waals surface area contributed by atoms with Crippen LogP contribution in [0.5, 0.6) is 5.75 Å². The Morgan fingerprint density at radius 3 is 2.38 bits per heavy atom. The van der Waals surface area contributed by atoms with Crippen molar-refractivity contribution in [2.75, 3.05) is 0 Å². The fourth-order valence-electron chi connectivity index (χ4n) is 2.34. The van der Waals surface area contributed by atoms with E-state index in [2.05, 4.69) is 24.2 Å². The number of aryl methyl sites for hydroxylation is 3. The van der Waals surface area contributed by atoms with Gasteiger partial charge in [-0.15, -0.1) is 0 Å². The molecule has 4 nitrogen and oxygen atoms in total. The summed E-state index contributed by atoms with van der Waals surface area (Å²) in [5.74, 6) is 0.942. The Kier molecular flexibility index (Phi) is 4.48. The van der Waals surface area contributed by atoms with Crippen molar-refractivity contribution in [3.63, 3.8) is 0 Å². The van der Waals surface area contributed by atoms with Crippen LogP contribution in [0.15, 0.2) is 41.6 Å². The minimum absolute atomic E-state index is 0.103. The molecule has 0 aliphatic heterocycles. The maximum atomic E-state index is 8.75. The van der Waals surface area contributed by atoms with Gasteiger partial charge in [0.05, 0.1) is 0 Å². The van der Waals surface area contributed by atoms with Crippen molar-refractivity contribution < 1.29 is 9.94 Å². The lowest BCUT2D eigenvalue weighted by molar-refractivity contribution is 0.302. The van der Waals surface area contributed by atoms with Crippen molar-refractivity contribution >= 4 is 5.84 Å². The van der Waals surface area contributed by atoms with Crippen molar-refractivity contribution in [2.24, 2.45) is 10.9 Å². The molecular formula is C17H20N2O2. The molecule has 0 amide bonds. The topological polar surface area (TPSA) is 67.8 Å². The molecule has 2 rings (SSSR count). The van der Waals surface area contributed by atoms with Crippen molar-refractivity contribution in [3.8, 4) is 5.75 Å². The van der Waals surface area contributed by atoms with Gasteiger partial charge in [-0.1, -0.05) is 35.0 Å². The number of oxime groups is 1. The second kappa shape index (κ2) is 6.31. The van der Waals surface area contributed by atoms with Crippen LogP contribution in [0.4, 0.5) is 0 Å². The number of hydrogen-bond donors (Lipinski definition) is 2. The summed E-state index contributed by atoms with van der Waals surface area (Å²) in [4.78, 5) is 0. The summed E-state index contributed by atoms with van der Waals surface area (Å²) in [6.45, 7) is 6.48. The van der Waals surface area contributed by atoms with Gasteiger partial charge < -0.3 is 15.7 Å². The van der Waals surface area contributed by atoms with Crippen molar-refractivity contribution in [2.45, 2.75) is 27.4 Å². The molecule has 0 saturated carbocycles. The fraction of sp³-hybridized carbons (Fsp3) is 0.235.